The Morgan fingerprint density at radius 2 is 1.50 bits per heavy atom. The number of hydrogen-bond donors (Lipinski definition) is 2. The maximum absolute atomic E-state index is 13.3. The largest absolute Gasteiger partial charge is 0.369 e. The van der Waals surface area contributed by atoms with Crippen LogP contribution in [0.3, 0.4) is 0 Å². The van der Waals surface area contributed by atoms with Gasteiger partial charge in [-0.15, -0.1) is 0 Å². The van der Waals surface area contributed by atoms with Gasteiger partial charge in [0.2, 0.25) is 0 Å². The van der Waals surface area contributed by atoms with Crippen molar-refractivity contribution in [2.75, 3.05) is 43.4 Å². The number of rotatable bonds is 4. The van der Waals surface area contributed by atoms with Crippen LogP contribution in [0.25, 0.3) is 16.7 Å². The number of piperazine rings is 1. The summed E-state index contributed by atoms with van der Waals surface area (Å²) < 4.78 is 13.3. The number of imide groups is 1. The van der Waals surface area contributed by atoms with Crippen LogP contribution in [0.4, 0.5) is 15.8 Å². The number of amides is 2. The van der Waals surface area contributed by atoms with Crippen LogP contribution in [-0.2, 0) is 4.79 Å². The van der Waals surface area contributed by atoms with Gasteiger partial charge in [0, 0.05) is 54.9 Å². The van der Waals surface area contributed by atoms with Crippen molar-refractivity contribution < 1.29 is 14.0 Å². The second-order valence-electron chi connectivity index (χ2n) is 8.59. The molecular weight excluding hydrogens is 431 g/mol. The zero-order valence-electron chi connectivity index (χ0n) is 18.8. The molecule has 0 spiro atoms. The molecule has 7 heteroatoms. The first-order valence-corrected chi connectivity index (χ1v) is 11.2. The Balaban J connectivity index is 1.40. The number of benzene rings is 3. The zero-order valence-corrected chi connectivity index (χ0v) is 18.8. The minimum Gasteiger partial charge on any atom is -0.369 e. The van der Waals surface area contributed by atoms with Crippen LogP contribution in [0, 0.1) is 5.82 Å². The molecule has 1 fully saturated rings. The molecule has 34 heavy (non-hydrogen) atoms. The fraction of sp³-hybridized carbons (Fsp3) is 0.185. The molecule has 3 aromatic carbocycles. The first kappa shape index (κ1) is 21.9. The molecule has 2 heterocycles. The van der Waals surface area contributed by atoms with Crippen molar-refractivity contribution in [1.82, 2.24) is 10.2 Å². The molecule has 0 saturated carbocycles. The molecule has 0 radical (unpaired) electrons. The van der Waals surface area contributed by atoms with Crippen molar-refractivity contribution in [2.24, 2.45) is 0 Å². The lowest BCUT2D eigenvalue weighted by atomic mass is 9.91. The molecule has 0 aromatic heterocycles. The molecule has 2 aliphatic rings. The van der Waals surface area contributed by atoms with E-state index in [0.29, 0.717) is 16.7 Å². The monoisotopic (exact) mass is 456 g/mol. The standard InChI is InChI=1S/C27H25FN4O2/c1-31-12-14-32(15-13-31)22-9-7-21(8-10-22)29-17-25-24-16-19(18-2-5-20(28)6-3-18)4-11-23(24)26(33)30-27(25)34/h2-11,16-17,29H,12-15H2,1H3,(H,30,33,34). The predicted octanol–water partition coefficient (Wildman–Crippen LogP) is 3.97. The Labute approximate surface area is 197 Å². The molecule has 2 amide bonds. The van der Waals surface area contributed by atoms with Crippen LogP contribution in [-0.4, -0.2) is 49.9 Å². The second-order valence-corrected chi connectivity index (χ2v) is 8.59. The van der Waals surface area contributed by atoms with E-state index in [4.69, 9.17) is 0 Å². The highest BCUT2D eigenvalue weighted by Gasteiger charge is 2.27. The molecular formula is C27H25FN4O2. The molecule has 6 nitrogen and oxygen atoms in total. The quantitative estimate of drug-likeness (QED) is 0.460. The van der Waals surface area contributed by atoms with Gasteiger partial charge in [-0.3, -0.25) is 14.9 Å². The number of anilines is 2. The number of nitrogens with one attached hydrogen (secondary N) is 2. The number of likely N-dealkylation sites (N-methyl/N-ethyl adjacent to an activating group) is 1. The Morgan fingerprint density at radius 1 is 0.824 bits per heavy atom. The summed E-state index contributed by atoms with van der Waals surface area (Å²) in [5, 5.41) is 5.59. The van der Waals surface area contributed by atoms with Gasteiger partial charge in [0.05, 0.1) is 5.57 Å². The van der Waals surface area contributed by atoms with Crippen molar-refractivity contribution in [3.05, 3.63) is 89.9 Å². The van der Waals surface area contributed by atoms with Crippen LogP contribution >= 0.6 is 0 Å². The molecule has 2 N–H and O–H groups in total. The van der Waals surface area contributed by atoms with Crippen LogP contribution in [0.1, 0.15) is 15.9 Å². The van der Waals surface area contributed by atoms with Gasteiger partial charge in [-0.05, 0) is 66.7 Å². The van der Waals surface area contributed by atoms with Crippen molar-refractivity contribution in [1.29, 1.82) is 0 Å². The van der Waals surface area contributed by atoms with Crippen molar-refractivity contribution in [3.8, 4) is 11.1 Å². The highest BCUT2D eigenvalue weighted by molar-refractivity contribution is 6.31. The zero-order chi connectivity index (χ0) is 23.7. The predicted molar refractivity (Wildman–Crippen MR) is 132 cm³/mol. The fourth-order valence-corrected chi connectivity index (χ4v) is 4.28. The molecule has 0 aliphatic carbocycles. The van der Waals surface area contributed by atoms with E-state index in [9.17, 15) is 14.0 Å². The molecule has 0 atom stereocenters. The van der Waals surface area contributed by atoms with Gasteiger partial charge in [0.15, 0.2) is 0 Å². The lowest BCUT2D eigenvalue weighted by molar-refractivity contribution is -0.114. The van der Waals surface area contributed by atoms with Gasteiger partial charge in [0.25, 0.3) is 11.8 Å². The summed E-state index contributed by atoms with van der Waals surface area (Å²) in [6.45, 7) is 4.07. The number of hydrogen-bond acceptors (Lipinski definition) is 5. The van der Waals surface area contributed by atoms with Crippen molar-refractivity contribution in [2.45, 2.75) is 0 Å². The van der Waals surface area contributed by atoms with E-state index in [1.807, 2.05) is 12.1 Å². The second kappa shape index (κ2) is 9.11. The summed E-state index contributed by atoms with van der Waals surface area (Å²) >= 11 is 0. The molecule has 0 unspecified atom stereocenters. The lowest BCUT2D eigenvalue weighted by Gasteiger charge is -2.34. The molecule has 5 rings (SSSR count). The lowest BCUT2D eigenvalue weighted by Crippen LogP contribution is -2.44. The minimum atomic E-state index is -0.463. The number of carbonyl (C=O) groups is 2. The maximum Gasteiger partial charge on any atom is 0.260 e. The normalized spacial score (nSPS) is 17.5. The molecule has 3 aromatic rings. The Morgan fingerprint density at radius 3 is 2.21 bits per heavy atom. The highest BCUT2D eigenvalue weighted by atomic mass is 19.1. The third kappa shape index (κ3) is 4.43. The van der Waals surface area contributed by atoms with E-state index in [-0.39, 0.29) is 5.82 Å². The van der Waals surface area contributed by atoms with Gasteiger partial charge >= 0.3 is 0 Å². The summed E-state index contributed by atoms with van der Waals surface area (Å²) in [7, 11) is 2.13. The third-order valence-electron chi connectivity index (χ3n) is 6.32. The van der Waals surface area contributed by atoms with E-state index in [2.05, 4.69) is 39.6 Å². The van der Waals surface area contributed by atoms with Crippen molar-refractivity contribution >= 4 is 28.8 Å². The van der Waals surface area contributed by atoms with Crippen molar-refractivity contribution in [3.63, 3.8) is 0 Å². The minimum absolute atomic E-state index is 0.320. The molecule has 172 valence electrons. The van der Waals surface area contributed by atoms with Crippen LogP contribution < -0.4 is 15.5 Å². The summed E-state index contributed by atoms with van der Waals surface area (Å²) in [4.78, 5) is 29.7. The number of fused-ring (bicyclic) bond motifs is 1. The number of halogens is 1. The summed E-state index contributed by atoms with van der Waals surface area (Å²) in [6.07, 6.45) is 1.62. The Bertz CT molecular complexity index is 1260. The molecule has 0 bridgehead atoms. The van der Waals surface area contributed by atoms with Gasteiger partial charge in [-0.25, -0.2) is 4.39 Å². The topological polar surface area (TPSA) is 64.7 Å². The number of carbonyl (C=O) groups excluding carboxylic acids is 2. The van der Waals surface area contributed by atoms with Gasteiger partial charge < -0.3 is 15.1 Å². The van der Waals surface area contributed by atoms with Crippen LogP contribution in [0.2, 0.25) is 0 Å². The maximum atomic E-state index is 13.3. The first-order chi connectivity index (χ1) is 16.5. The van der Waals surface area contributed by atoms with Crippen LogP contribution in [0.5, 0.6) is 0 Å². The van der Waals surface area contributed by atoms with Gasteiger partial charge in [-0.1, -0.05) is 18.2 Å². The fourth-order valence-electron chi connectivity index (χ4n) is 4.28. The average molecular weight is 457 g/mol. The van der Waals surface area contributed by atoms with E-state index in [1.54, 1.807) is 36.5 Å². The van der Waals surface area contributed by atoms with Crippen LogP contribution in [0.15, 0.2) is 72.9 Å². The van der Waals surface area contributed by atoms with Gasteiger partial charge in [-0.2, -0.15) is 0 Å². The first-order valence-electron chi connectivity index (χ1n) is 11.2. The summed E-state index contributed by atoms with van der Waals surface area (Å²) in [5.74, 6) is -1.21. The Kier molecular flexibility index (Phi) is 5.86. The summed E-state index contributed by atoms with van der Waals surface area (Å²) in [6, 6.07) is 19.5. The number of nitrogens with zero attached hydrogens (tertiary/aromatic N) is 2. The third-order valence-corrected chi connectivity index (χ3v) is 6.32. The molecule has 2 aliphatic heterocycles. The van der Waals surface area contributed by atoms with E-state index >= 15 is 0 Å². The SMILES string of the molecule is CN1CCN(c2ccc(NC=C3C(=O)NC(=O)c4ccc(-c5ccc(F)cc5)cc43)cc2)CC1. The molecule has 1 saturated heterocycles. The highest BCUT2D eigenvalue weighted by Crippen LogP contribution is 2.30. The van der Waals surface area contributed by atoms with Gasteiger partial charge in [0.1, 0.15) is 5.82 Å². The van der Waals surface area contributed by atoms with E-state index < -0.39 is 11.8 Å². The van der Waals surface area contributed by atoms with E-state index in [0.717, 1.165) is 43.0 Å². The van der Waals surface area contributed by atoms with E-state index in [1.165, 1.54) is 17.8 Å². The smallest absolute Gasteiger partial charge is 0.260 e. The summed E-state index contributed by atoms with van der Waals surface area (Å²) in [5.41, 5.74) is 4.92. The average Bonchev–Trinajstić information content (AvgIpc) is 2.85. The Hall–Kier alpha value is -3.97.